The van der Waals surface area contributed by atoms with Crippen molar-refractivity contribution in [2.45, 2.75) is 31.7 Å². The normalized spacial score (nSPS) is 19.5. The van der Waals surface area contributed by atoms with E-state index in [1.54, 1.807) is 0 Å². The summed E-state index contributed by atoms with van der Waals surface area (Å²) in [6.07, 6.45) is 4.14. The number of aliphatic hydroxyl groups excluding tert-OH is 1. The van der Waals surface area contributed by atoms with E-state index in [2.05, 4.69) is 0 Å². The summed E-state index contributed by atoms with van der Waals surface area (Å²) < 4.78 is 0. The van der Waals surface area contributed by atoms with Crippen molar-refractivity contribution in [1.29, 1.82) is 0 Å². The lowest BCUT2D eigenvalue weighted by Crippen LogP contribution is -2.42. The van der Waals surface area contributed by atoms with E-state index in [9.17, 15) is 9.90 Å². The molecule has 21 heavy (non-hydrogen) atoms. The number of aliphatic hydroxyl groups is 1. The average Bonchev–Trinajstić information content (AvgIpc) is 2.79. The van der Waals surface area contributed by atoms with Gasteiger partial charge in [-0.15, -0.1) is 0 Å². The highest BCUT2D eigenvalue weighted by atomic mass is 16.3. The van der Waals surface area contributed by atoms with E-state index in [1.165, 1.54) is 0 Å². The van der Waals surface area contributed by atoms with E-state index < -0.39 is 0 Å². The minimum absolute atomic E-state index is 0.0426. The molecule has 3 nitrogen and oxygen atoms in total. The number of hydrogen-bond donors (Lipinski definition) is 1. The van der Waals surface area contributed by atoms with E-state index in [-0.39, 0.29) is 18.6 Å². The third-order valence-electron chi connectivity index (χ3n) is 4.37. The van der Waals surface area contributed by atoms with Gasteiger partial charge in [0, 0.05) is 12.1 Å². The van der Waals surface area contributed by atoms with Crippen LogP contribution in [0.3, 0.4) is 0 Å². The van der Waals surface area contributed by atoms with E-state index >= 15 is 0 Å². The molecule has 1 unspecified atom stereocenters. The molecule has 0 aromatic heterocycles. The lowest BCUT2D eigenvalue weighted by molar-refractivity contribution is 0.0602. The number of carbonyl (C=O) groups is 1. The zero-order valence-corrected chi connectivity index (χ0v) is 12.2. The summed E-state index contributed by atoms with van der Waals surface area (Å²) in [4.78, 5) is 14.8. The molecular weight excluding hydrogens is 262 g/mol. The van der Waals surface area contributed by atoms with Gasteiger partial charge in [-0.3, -0.25) is 4.79 Å². The first-order chi connectivity index (χ1) is 10.3. The molecule has 0 aliphatic carbocycles. The van der Waals surface area contributed by atoms with Crippen LogP contribution < -0.4 is 0 Å². The van der Waals surface area contributed by atoms with Crippen molar-refractivity contribution < 1.29 is 9.90 Å². The number of likely N-dealkylation sites (tertiary alicyclic amines) is 1. The number of nitrogens with zero attached hydrogens (tertiary/aromatic N) is 1. The van der Waals surface area contributed by atoms with Gasteiger partial charge in [-0.1, -0.05) is 49.2 Å². The Labute approximate surface area is 125 Å². The number of benzene rings is 2. The number of rotatable bonds is 2. The molecular formula is C18H21NO2. The van der Waals surface area contributed by atoms with Crippen molar-refractivity contribution >= 4 is 16.7 Å². The fourth-order valence-electron chi connectivity index (χ4n) is 3.20. The zero-order chi connectivity index (χ0) is 14.7. The minimum Gasteiger partial charge on any atom is -0.394 e. The first-order valence-electron chi connectivity index (χ1n) is 7.71. The van der Waals surface area contributed by atoms with Crippen LogP contribution >= 0.6 is 0 Å². The molecule has 0 radical (unpaired) electrons. The van der Waals surface area contributed by atoms with Crippen molar-refractivity contribution in [3.63, 3.8) is 0 Å². The number of fused-ring (bicyclic) bond motifs is 1. The topological polar surface area (TPSA) is 40.5 Å². The van der Waals surface area contributed by atoms with Crippen molar-refractivity contribution in [3.05, 3.63) is 48.0 Å². The maximum atomic E-state index is 13.0. The molecule has 1 atom stereocenters. The summed E-state index contributed by atoms with van der Waals surface area (Å²) in [5.74, 6) is 0.0488. The highest BCUT2D eigenvalue weighted by Crippen LogP contribution is 2.24. The Hall–Kier alpha value is -1.87. The van der Waals surface area contributed by atoms with E-state index in [0.717, 1.165) is 48.6 Å². The molecule has 1 saturated heterocycles. The first-order valence-corrected chi connectivity index (χ1v) is 7.71. The van der Waals surface area contributed by atoms with Crippen LogP contribution in [-0.4, -0.2) is 35.1 Å². The number of amides is 1. The summed E-state index contributed by atoms with van der Waals surface area (Å²) in [5, 5.41) is 11.7. The van der Waals surface area contributed by atoms with Gasteiger partial charge in [0.25, 0.3) is 5.91 Å². The van der Waals surface area contributed by atoms with Crippen LogP contribution in [-0.2, 0) is 0 Å². The molecule has 1 N–H and O–H groups in total. The Balaban J connectivity index is 1.99. The zero-order valence-electron chi connectivity index (χ0n) is 12.2. The fraction of sp³-hybridized carbons (Fsp3) is 0.389. The van der Waals surface area contributed by atoms with Crippen molar-refractivity contribution in [3.8, 4) is 0 Å². The summed E-state index contributed by atoms with van der Waals surface area (Å²) in [5.41, 5.74) is 0.744. The molecule has 1 amide bonds. The lowest BCUT2D eigenvalue weighted by atomic mass is 10.0. The fourth-order valence-corrected chi connectivity index (χ4v) is 3.20. The Morgan fingerprint density at radius 3 is 2.76 bits per heavy atom. The van der Waals surface area contributed by atoms with Gasteiger partial charge in [-0.05, 0) is 29.7 Å². The molecule has 110 valence electrons. The standard InChI is InChI=1S/C18H21NO2/c20-13-15-9-2-1-5-12-19(15)18(21)17-11-6-8-14-7-3-4-10-16(14)17/h3-4,6-8,10-11,15,20H,1-2,5,9,12-13H2. The summed E-state index contributed by atoms with van der Waals surface area (Å²) in [6.45, 7) is 0.795. The van der Waals surface area contributed by atoms with Crippen LogP contribution in [0.5, 0.6) is 0 Å². The average molecular weight is 283 g/mol. The molecule has 2 aromatic rings. The van der Waals surface area contributed by atoms with Crippen LogP contribution in [0.4, 0.5) is 0 Å². The predicted octanol–water partition coefficient (Wildman–Crippen LogP) is 3.22. The van der Waals surface area contributed by atoms with Gasteiger partial charge < -0.3 is 10.0 Å². The molecule has 2 aromatic carbocycles. The maximum absolute atomic E-state index is 13.0. The smallest absolute Gasteiger partial charge is 0.254 e. The van der Waals surface area contributed by atoms with Crippen LogP contribution in [0, 0.1) is 0 Å². The predicted molar refractivity (Wildman–Crippen MR) is 84.3 cm³/mol. The Kier molecular flexibility index (Phi) is 4.20. The van der Waals surface area contributed by atoms with Gasteiger partial charge in [-0.2, -0.15) is 0 Å². The summed E-state index contributed by atoms with van der Waals surface area (Å²) in [7, 11) is 0. The number of carbonyl (C=O) groups excluding carboxylic acids is 1. The third-order valence-corrected chi connectivity index (χ3v) is 4.37. The van der Waals surface area contributed by atoms with Crippen molar-refractivity contribution in [1.82, 2.24) is 4.90 Å². The Morgan fingerprint density at radius 2 is 1.90 bits per heavy atom. The Morgan fingerprint density at radius 1 is 1.10 bits per heavy atom. The largest absolute Gasteiger partial charge is 0.394 e. The van der Waals surface area contributed by atoms with Gasteiger partial charge in [-0.25, -0.2) is 0 Å². The molecule has 0 saturated carbocycles. The third kappa shape index (κ3) is 2.79. The van der Waals surface area contributed by atoms with Gasteiger partial charge in [0.1, 0.15) is 0 Å². The molecule has 0 spiro atoms. The number of hydrogen-bond acceptors (Lipinski definition) is 2. The first kappa shape index (κ1) is 14.1. The van der Waals surface area contributed by atoms with Crippen LogP contribution in [0.2, 0.25) is 0 Å². The second-order valence-electron chi connectivity index (χ2n) is 5.71. The highest BCUT2D eigenvalue weighted by molar-refractivity contribution is 6.07. The van der Waals surface area contributed by atoms with Crippen LogP contribution in [0.25, 0.3) is 10.8 Å². The van der Waals surface area contributed by atoms with Crippen LogP contribution in [0.15, 0.2) is 42.5 Å². The van der Waals surface area contributed by atoms with Crippen LogP contribution in [0.1, 0.15) is 36.0 Å². The lowest BCUT2D eigenvalue weighted by Gasteiger charge is -2.29. The minimum atomic E-state index is -0.0426. The molecule has 3 rings (SSSR count). The molecule has 1 aliphatic heterocycles. The van der Waals surface area contributed by atoms with Crippen molar-refractivity contribution in [2.75, 3.05) is 13.2 Å². The molecule has 0 bridgehead atoms. The SMILES string of the molecule is O=C(c1cccc2ccccc12)N1CCCCCC1CO. The Bertz CT molecular complexity index is 633. The van der Waals surface area contributed by atoms with Gasteiger partial charge in [0.2, 0.25) is 0 Å². The van der Waals surface area contributed by atoms with E-state index in [4.69, 9.17) is 0 Å². The van der Waals surface area contributed by atoms with Gasteiger partial charge in [0.05, 0.1) is 12.6 Å². The molecule has 3 heteroatoms. The molecule has 1 heterocycles. The van der Waals surface area contributed by atoms with Crippen molar-refractivity contribution in [2.24, 2.45) is 0 Å². The summed E-state index contributed by atoms with van der Waals surface area (Å²) >= 11 is 0. The van der Waals surface area contributed by atoms with E-state index in [1.807, 2.05) is 47.4 Å². The highest BCUT2D eigenvalue weighted by Gasteiger charge is 2.26. The van der Waals surface area contributed by atoms with Gasteiger partial charge in [0.15, 0.2) is 0 Å². The quantitative estimate of drug-likeness (QED) is 0.919. The van der Waals surface area contributed by atoms with Gasteiger partial charge >= 0.3 is 0 Å². The summed E-state index contributed by atoms with van der Waals surface area (Å²) in [6, 6.07) is 13.8. The molecule has 1 aliphatic rings. The molecule has 1 fully saturated rings. The second kappa shape index (κ2) is 6.27. The maximum Gasteiger partial charge on any atom is 0.254 e. The monoisotopic (exact) mass is 283 g/mol. The van der Waals surface area contributed by atoms with E-state index in [0.29, 0.717) is 0 Å². The second-order valence-corrected chi connectivity index (χ2v) is 5.71.